The molecule has 4 heteroatoms. The Labute approximate surface area is 88.9 Å². The van der Waals surface area contributed by atoms with E-state index >= 15 is 0 Å². The first kappa shape index (κ1) is 9.75. The molecular weight excluding hydrogens is 222 g/mol. The Morgan fingerprint density at radius 3 is 2.92 bits per heavy atom. The number of aromatic nitrogens is 2. The van der Waals surface area contributed by atoms with Crippen molar-refractivity contribution in [2.75, 3.05) is 0 Å². The summed E-state index contributed by atoms with van der Waals surface area (Å²) in [5.41, 5.74) is 2.05. The number of nitrogens with one attached hydrogen (secondary N) is 1. The molecule has 2 aromatic rings. The van der Waals surface area contributed by atoms with Crippen LogP contribution in [0.1, 0.15) is 5.82 Å². The summed E-state index contributed by atoms with van der Waals surface area (Å²) in [4.78, 5) is 8.36. The number of rotatable bonds is 0. The van der Waals surface area contributed by atoms with Gasteiger partial charge in [-0.2, -0.15) is 0 Å². The number of H-pyrrole nitrogens is 1. The molecule has 0 spiro atoms. The normalized spacial score (nSPS) is 9.83. The van der Waals surface area contributed by atoms with E-state index in [1.807, 2.05) is 25.1 Å². The Hall–Kier alpha value is -0.337. The molecule has 1 heterocycles. The zero-order chi connectivity index (χ0) is 7.84. The molecule has 1 N–H and O–H groups in total. The zero-order valence-electron chi connectivity index (χ0n) is 6.83. The van der Waals surface area contributed by atoms with Crippen molar-refractivity contribution in [3.05, 3.63) is 24.0 Å². The van der Waals surface area contributed by atoms with E-state index < -0.39 is 0 Å². The summed E-state index contributed by atoms with van der Waals surface area (Å²) in [6, 6.07) is 5.87. The van der Waals surface area contributed by atoms with Crippen molar-refractivity contribution in [1.29, 1.82) is 0 Å². The summed E-state index contributed by atoms with van der Waals surface area (Å²) in [7, 11) is 0. The van der Waals surface area contributed by atoms with Crippen molar-refractivity contribution in [1.82, 2.24) is 9.97 Å². The van der Waals surface area contributed by atoms with Gasteiger partial charge in [0.2, 0.25) is 0 Å². The molecule has 0 atom stereocenters. The van der Waals surface area contributed by atoms with Gasteiger partial charge in [-0.05, 0) is 25.1 Å². The second kappa shape index (κ2) is 3.59. The first-order valence-electron chi connectivity index (χ1n) is 3.41. The van der Waals surface area contributed by atoms with Crippen molar-refractivity contribution in [3.63, 3.8) is 0 Å². The third kappa shape index (κ3) is 1.70. The summed E-state index contributed by atoms with van der Waals surface area (Å²) in [6.45, 7) is 1.94. The molecule has 1 aromatic heterocycles. The minimum atomic E-state index is 0. The van der Waals surface area contributed by atoms with E-state index in [0.29, 0.717) is 0 Å². The first-order valence-corrected chi connectivity index (χ1v) is 3.86. The van der Waals surface area contributed by atoms with E-state index in [-0.39, 0.29) is 19.5 Å². The van der Waals surface area contributed by atoms with E-state index in [2.05, 4.69) is 22.6 Å². The predicted molar refractivity (Wildman–Crippen MR) is 48.1 cm³/mol. The van der Waals surface area contributed by atoms with Crippen LogP contribution in [0.3, 0.4) is 0 Å². The molecule has 2 nitrogen and oxygen atoms in total. The Bertz CT molecular complexity index is 397. The number of benzene rings is 1. The number of hydrogen-bond acceptors (Lipinski definition) is 2. The maximum Gasteiger partial charge on any atom is 0.104 e. The van der Waals surface area contributed by atoms with E-state index in [4.69, 9.17) is 0 Å². The van der Waals surface area contributed by atoms with E-state index in [1.165, 1.54) is 0 Å². The van der Waals surface area contributed by atoms with Crippen LogP contribution in [0, 0.1) is 6.92 Å². The summed E-state index contributed by atoms with van der Waals surface area (Å²) in [5, 5.41) is 0. The number of imidazole rings is 1. The first-order chi connectivity index (χ1) is 5.25. The molecule has 12 heavy (non-hydrogen) atoms. The predicted octanol–water partition coefficient (Wildman–Crippen LogP) is 2.16. The van der Waals surface area contributed by atoms with Crippen LogP contribution in [0.4, 0.5) is 0 Å². The Balaban J connectivity index is 0.000000720. The van der Waals surface area contributed by atoms with E-state index in [0.717, 1.165) is 21.8 Å². The Morgan fingerprint density at radius 1 is 1.42 bits per heavy atom. The van der Waals surface area contributed by atoms with Crippen LogP contribution in [0.5, 0.6) is 0 Å². The molecule has 0 saturated heterocycles. The fraction of sp³-hybridized carbons (Fsp3) is 0.125. The van der Waals surface area contributed by atoms with Crippen LogP contribution < -0.4 is 0 Å². The monoisotopic (exact) mass is 228 g/mol. The number of hydrogen-bond donors (Lipinski definition) is 2. The van der Waals surface area contributed by atoms with Gasteiger partial charge in [0, 0.05) is 24.4 Å². The van der Waals surface area contributed by atoms with Crippen LogP contribution in [-0.4, -0.2) is 9.97 Å². The van der Waals surface area contributed by atoms with Gasteiger partial charge in [-0.15, -0.1) is 12.6 Å². The molecule has 0 radical (unpaired) electrons. The largest absolute Gasteiger partial charge is 0.342 e. The molecule has 0 saturated carbocycles. The van der Waals surface area contributed by atoms with Gasteiger partial charge in [-0.1, -0.05) is 0 Å². The molecule has 0 aliphatic heterocycles. The maximum atomic E-state index is 4.26. The van der Waals surface area contributed by atoms with Crippen LogP contribution in [0.25, 0.3) is 11.0 Å². The molecule has 0 amide bonds. The Morgan fingerprint density at radius 2 is 2.17 bits per heavy atom. The van der Waals surface area contributed by atoms with Gasteiger partial charge in [0.05, 0.1) is 11.0 Å². The summed E-state index contributed by atoms with van der Waals surface area (Å²) in [5.74, 6) is 0.943. The van der Waals surface area contributed by atoms with Gasteiger partial charge in [-0.25, -0.2) is 4.98 Å². The van der Waals surface area contributed by atoms with Gasteiger partial charge in [0.15, 0.2) is 0 Å². The fourth-order valence-corrected chi connectivity index (χ4v) is 1.33. The molecule has 0 aliphatic rings. The number of fused-ring (bicyclic) bond motifs is 1. The zero-order valence-corrected chi connectivity index (χ0v) is 10.7. The SMILES string of the molecule is Cc1nc2ccc(S)cc2[nH]1.[Zn]. The van der Waals surface area contributed by atoms with Crippen molar-refractivity contribution >= 4 is 23.7 Å². The van der Waals surface area contributed by atoms with Gasteiger partial charge in [0.25, 0.3) is 0 Å². The van der Waals surface area contributed by atoms with Crippen LogP contribution in [0.2, 0.25) is 0 Å². The van der Waals surface area contributed by atoms with Crippen LogP contribution >= 0.6 is 12.6 Å². The van der Waals surface area contributed by atoms with Crippen molar-refractivity contribution in [3.8, 4) is 0 Å². The summed E-state index contributed by atoms with van der Waals surface area (Å²) >= 11 is 4.22. The van der Waals surface area contributed by atoms with E-state index in [9.17, 15) is 0 Å². The topological polar surface area (TPSA) is 28.7 Å². The minimum absolute atomic E-state index is 0. The third-order valence-corrected chi connectivity index (χ3v) is 1.86. The second-order valence-electron chi connectivity index (χ2n) is 2.52. The third-order valence-electron chi connectivity index (χ3n) is 1.58. The number of thiol groups is 1. The van der Waals surface area contributed by atoms with Gasteiger partial charge in [0.1, 0.15) is 5.82 Å². The molecule has 0 bridgehead atoms. The van der Waals surface area contributed by atoms with Crippen molar-refractivity contribution < 1.29 is 19.5 Å². The number of aromatic amines is 1. The molecule has 0 unspecified atom stereocenters. The minimum Gasteiger partial charge on any atom is -0.342 e. The van der Waals surface area contributed by atoms with E-state index in [1.54, 1.807) is 0 Å². The standard InChI is InChI=1S/C8H8N2S.Zn/c1-5-9-7-3-2-6(11)4-8(7)10-5;/h2-4,11H,1H3,(H,9,10);. The van der Waals surface area contributed by atoms with Gasteiger partial charge < -0.3 is 4.98 Å². The fourth-order valence-electron chi connectivity index (χ4n) is 1.13. The van der Waals surface area contributed by atoms with Crippen molar-refractivity contribution in [2.24, 2.45) is 0 Å². The molecule has 0 aliphatic carbocycles. The summed E-state index contributed by atoms with van der Waals surface area (Å²) < 4.78 is 0. The second-order valence-corrected chi connectivity index (χ2v) is 3.04. The smallest absolute Gasteiger partial charge is 0.104 e. The molecular formula is C8H8N2SZn. The molecule has 1 aromatic carbocycles. The Kier molecular flexibility index (Phi) is 2.91. The summed E-state index contributed by atoms with van der Waals surface area (Å²) in [6.07, 6.45) is 0. The molecule has 0 fully saturated rings. The number of nitrogens with zero attached hydrogens (tertiary/aromatic N) is 1. The van der Waals surface area contributed by atoms with Gasteiger partial charge in [-0.3, -0.25) is 0 Å². The maximum absolute atomic E-state index is 4.26. The van der Waals surface area contributed by atoms with Crippen LogP contribution in [0.15, 0.2) is 23.1 Å². The number of aryl methyl sites for hydroxylation is 1. The molecule has 2 rings (SSSR count). The van der Waals surface area contributed by atoms with Crippen LogP contribution in [-0.2, 0) is 19.5 Å². The van der Waals surface area contributed by atoms with Gasteiger partial charge >= 0.3 is 0 Å². The average molecular weight is 230 g/mol. The average Bonchev–Trinajstić information content (AvgIpc) is 2.27. The van der Waals surface area contributed by atoms with Crippen molar-refractivity contribution in [2.45, 2.75) is 11.8 Å². The molecule has 58 valence electrons. The quantitative estimate of drug-likeness (QED) is 0.526.